The fourth-order valence-electron chi connectivity index (χ4n) is 2.91. The monoisotopic (exact) mass is 478 g/mol. The van der Waals surface area contributed by atoms with Gasteiger partial charge in [0.15, 0.2) is 0 Å². The van der Waals surface area contributed by atoms with Gasteiger partial charge in [-0.25, -0.2) is 4.79 Å². The standard InChI is InChI=1S/C22H34N6O6/c1-13(2)19(28-18(30)11-23)21(32)27-17(5-4-10-25-22(24)33)20(31)26-16-8-6-15(7-9-16)12-34-14(3)29/h6-9,13,17,19H,4-5,10-12,23H2,1-3H3,(H,26,31)(H,27,32)(H,28,30)(H3,24,25,33). The van der Waals surface area contributed by atoms with Crippen molar-refractivity contribution in [3.8, 4) is 0 Å². The SMILES string of the molecule is CC(=O)OCc1ccc(NC(=O)C(CCCNC(N)=O)NC(=O)C(NC(=O)CN)C(C)C)cc1. The van der Waals surface area contributed by atoms with Gasteiger partial charge in [-0.1, -0.05) is 26.0 Å². The van der Waals surface area contributed by atoms with Crippen LogP contribution in [0.4, 0.5) is 10.5 Å². The van der Waals surface area contributed by atoms with Crippen molar-refractivity contribution in [2.45, 2.75) is 52.3 Å². The van der Waals surface area contributed by atoms with Crippen LogP contribution < -0.4 is 32.7 Å². The third kappa shape index (κ3) is 10.8. The number of ether oxygens (including phenoxy) is 1. The number of nitrogens with two attached hydrogens (primary N) is 2. The molecule has 0 saturated carbocycles. The van der Waals surface area contributed by atoms with Crippen LogP contribution in [0.5, 0.6) is 0 Å². The summed E-state index contributed by atoms with van der Waals surface area (Å²) in [5, 5.41) is 10.4. The van der Waals surface area contributed by atoms with Gasteiger partial charge < -0.3 is 37.5 Å². The number of esters is 1. The van der Waals surface area contributed by atoms with E-state index in [0.717, 1.165) is 5.56 Å². The van der Waals surface area contributed by atoms with Crippen molar-refractivity contribution >= 4 is 35.4 Å². The second kappa shape index (κ2) is 14.5. The number of rotatable bonds is 13. The molecular formula is C22H34N6O6. The molecule has 2 unspecified atom stereocenters. The van der Waals surface area contributed by atoms with E-state index in [1.165, 1.54) is 6.92 Å². The van der Waals surface area contributed by atoms with Crippen molar-refractivity contribution in [2.75, 3.05) is 18.4 Å². The molecule has 1 rings (SSSR count). The Hall–Kier alpha value is -3.67. The van der Waals surface area contributed by atoms with Crippen LogP contribution in [0.1, 0.15) is 39.2 Å². The van der Waals surface area contributed by atoms with Crippen LogP contribution in [0, 0.1) is 5.92 Å². The van der Waals surface area contributed by atoms with Gasteiger partial charge in [-0.15, -0.1) is 0 Å². The van der Waals surface area contributed by atoms with Gasteiger partial charge in [0.1, 0.15) is 18.7 Å². The van der Waals surface area contributed by atoms with Crippen LogP contribution in [0.3, 0.4) is 0 Å². The van der Waals surface area contributed by atoms with E-state index in [4.69, 9.17) is 16.2 Å². The van der Waals surface area contributed by atoms with Gasteiger partial charge in [0, 0.05) is 19.2 Å². The number of benzene rings is 1. The molecule has 1 aromatic carbocycles. The number of carbonyl (C=O) groups excluding carboxylic acids is 5. The minimum absolute atomic E-state index is 0.111. The molecule has 0 saturated heterocycles. The first-order valence-corrected chi connectivity index (χ1v) is 10.9. The van der Waals surface area contributed by atoms with Crippen molar-refractivity contribution < 1.29 is 28.7 Å². The van der Waals surface area contributed by atoms with Gasteiger partial charge in [-0.2, -0.15) is 0 Å². The Morgan fingerprint density at radius 1 is 1.00 bits per heavy atom. The van der Waals surface area contributed by atoms with E-state index < -0.39 is 41.8 Å². The summed E-state index contributed by atoms with van der Waals surface area (Å²) in [5.74, 6) is -2.15. The predicted octanol–water partition coefficient (Wildman–Crippen LogP) is -0.279. The zero-order valence-corrected chi connectivity index (χ0v) is 19.7. The summed E-state index contributed by atoms with van der Waals surface area (Å²) in [6, 6.07) is 4.16. The van der Waals surface area contributed by atoms with Gasteiger partial charge in [0.25, 0.3) is 0 Å². The number of anilines is 1. The Bertz CT molecular complexity index is 858. The molecule has 1 aromatic rings. The molecule has 8 N–H and O–H groups in total. The summed E-state index contributed by atoms with van der Waals surface area (Å²) in [6.45, 7) is 4.88. The first-order chi connectivity index (χ1) is 16.0. The third-order valence-corrected chi connectivity index (χ3v) is 4.72. The molecule has 0 aromatic heterocycles. The lowest BCUT2D eigenvalue weighted by Crippen LogP contribution is -2.55. The largest absolute Gasteiger partial charge is 0.461 e. The maximum Gasteiger partial charge on any atom is 0.312 e. The molecule has 0 aliphatic rings. The average molecular weight is 479 g/mol. The van der Waals surface area contributed by atoms with Gasteiger partial charge >= 0.3 is 12.0 Å². The van der Waals surface area contributed by atoms with Crippen molar-refractivity contribution in [1.82, 2.24) is 16.0 Å². The number of hydrogen-bond donors (Lipinski definition) is 6. The van der Waals surface area contributed by atoms with E-state index in [1.807, 2.05) is 0 Å². The maximum absolute atomic E-state index is 12.9. The Morgan fingerprint density at radius 2 is 1.65 bits per heavy atom. The highest BCUT2D eigenvalue weighted by Gasteiger charge is 2.28. The maximum atomic E-state index is 12.9. The lowest BCUT2D eigenvalue weighted by atomic mass is 10.0. The highest BCUT2D eigenvalue weighted by atomic mass is 16.5. The molecule has 12 nitrogen and oxygen atoms in total. The van der Waals surface area contributed by atoms with Crippen LogP contribution in [0.25, 0.3) is 0 Å². The molecule has 0 fully saturated rings. The average Bonchev–Trinajstić information content (AvgIpc) is 2.78. The molecular weight excluding hydrogens is 444 g/mol. The number of amides is 5. The number of hydrogen-bond acceptors (Lipinski definition) is 7. The second-order valence-corrected chi connectivity index (χ2v) is 7.95. The molecule has 12 heteroatoms. The van der Waals surface area contributed by atoms with Crippen molar-refractivity contribution in [1.29, 1.82) is 0 Å². The fraction of sp³-hybridized carbons (Fsp3) is 0.500. The Morgan fingerprint density at radius 3 is 2.18 bits per heavy atom. The van der Waals surface area contributed by atoms with Crippen molar-refractivity contribution in [3.05, 3.63) is 29.8 Å². The van der Waals surface area contributed by atoms with Crippen molar-refractivity contribution in [2.24, 2.45) is 17.4 Å². The summed E-state index contributed by atoms with van der Waals surface area (Å²) in [6.07, 6.45) is 0.572. The Kier molecular flexibility index (Phi) is 12.1. The Balaban J connectivity index is 2.89. The van der Waals surface area contributed by atoms with E-state index in [0.29, 0.717) is 12.1 Å². The minimum Gasteiger partial charge on any atom is -0.461 e. The zero-order chi connectivity index (χ0) is 25.7. The van der Waals surface area contributed by atoms with Gasteiger partial charge in [-0.05, 0) is 36.5 Å². The number of primary amides is 1. The molecule has 0 aliphatic heterocycles. The predicted molar refractivity (Wildman–Crippen MR) is 125 cm³/mol. The van der Waals surface area contributed by atoms with E-state index in [2.05, 4.69) is 21.3 Å². The topological polar surface area (TPSA) is 195 Å². The molecule has 0 heterocycles. The molecule has 0 bridgehead atoms. The quantitative estimate of drug-likeness (QED) is 0.166. The zero-order valence-electron chi connectivity index (χ0n) is 19.7. The molecule has 0 spiro atoms. The summed E-state index contributed by atoms with van der Waals surface area (Å²) in [7, 11) is 0. The summed E-state index contributed by atoms with van der Waals surface area (Å²) in [5.41, 5.74) is 11.6. The van der Waals surface area contributed by atoms with Crippen LogP contribution in [0.15, 0.2) is 24.3 Å². The normalized spacial score (nSPS) is 12.3. The molecule has 2 atom stereocenters. The van der Waals surface area contributed by atoms with E-state index >= 15 is 0 Å². The Labute approximate surface area is 198 Å². The molecule has 188 valence electrons. The number of carbonyl (C=O) groups is 5. The highest BCUT2D eigenvalue weighted by Crippen LogP contribution is 2.12. The van der Waals surface area contributed by atoms with Gasteiger partial charge in [0.05, 0.1) is 6.54 Å². The van der Waals surface area contributed by atoms with Gasteiger partial charge in [0.2, 0.25) is 17.7 Å². The molecule has 0 radical (unpaired) electrons. The minimum atomic E-state index is -0.945. The lowest BCUT2D eigenvalue weighted by Gasteiger charge is -2.25. The van der Waals surface area contributed by atoms with E-state index in [1.54, 1.807) is 38.1 Å². The van der Waals surface area contributed by atoms with Crippen LogP contribution in [-0.4, -0.2) is 54.9 Å². The fourth-order valence-corrected chi connectivity index (χ4v) is 2.91. The van der Waals surface area contributed by atoms with Crippen LogP contribution in [0.2, 0.25) is 0 Å². The second-order valence-electron chi connectivity index (χ2n) is 7.95. The van der Waals surface area contributed by atoms with Crippen molar-refractivity contribution in [3.63, 3.8) is 0 Å². The third-order valence-electron chi connectivity index (χ3n) is 4.72. The molecule has 0 aliphatic carbocycles. The van der Waals surface area contributed by atoms with E-state index in [-0.39, 0.29) is 32.0 Å². The smallest absolute Gasteiger partial charge is 0.312 e. The number of urea groups is 1. The molecule has 34 heavy (non-hydrogen) atoms. The first-order valence-electron chi connectivity index (χ1n) is 10.9. The van der Waals surface area contributed by atoms with Crippen LogP contribution in [-0.2, 0) is 30.5 Å². The number of nitrogens with one attached hydrogen (secondary N) is 4. The van der Waals surface area contributed by atoms with Crippen LogP contribution >= 0.6 is 0 Å². The molecule has 5 amide bonds. The summed E-state index contributed by atoms with van der Waals surface area (Å²) < 4.78 is 4.93. The van der Waals surface area contributed by atoms with Gasteiger partial charge in [-0.3, -0.25) is 19.2 Å². The van der Waals surface area contributed by atoms with E-state index in [9.17, 15) is 24.0 Å². The summed E-state index contributed by atoms with van der Waals surface area (Å²) in [4.78, 5) is 59.3. The highest BCUT2D eigenvalue weighted by molar-refractivity contribution is 5.98. The lowest BCUT2D eigenvalue weighted by molar-refractivity contribution is -0.142. The summed E-state index contributed by atoms with van der Waals surface area (Å²) >= 11 is 0. The first kappa shape index (κ1) is 28.4.